The number of nitrogens with zero attached hydrogens (tertiary/aromatic N) is 2. The van der Waals surface area contributed by atoms with E-state index in [1.54, 1.807) is 0 Å². The van der Waals surface area contributed by atoms with Crippen LogP contribution in [0.15, 0.2) is 0 Å². The normalized spacial score (nSPS) is 17.4. The van der Waals surface area contributed by atoms with Gasteiger partial charge in [-0.2, -0.15) is 0 Å². The zero-order valence-corrected chi connectivity index (χ0v) is 12.4. The molecule has 0 unspecified atom stereocenters. The predicted molar refractivity (Wildman–Crippen MR) is 75.7 cm³/mol. The highest BCUT2D eigenvalue weighted by atomic mass is 16.2. The third-order valence-electron chi connectivity index (χ3n) is 3.80. The number of likely N-dealkylation sites (N-methyl/N-ethyl adjacent to an activating group) is 1. The number of hydrogen-bond acceptors (Lipinski definition) is 3. The molecule has 0 radical (unpaired) electrons. The molecule has 0 aliphatic carbocycles. The maximum atomic E-state index is 12.4. The van der Waals surface area contributed by atoms with Crippen LogP contribution in [0.1, 0.15) is 40.0 Å². The summed E-state index contributed by atoms with van der Waals surface area (Å²) < 4.78 is 0. The van der Waals surface area contributed by atoms with Gasteiger partial charge in [-0.25, -0.2) is 0 Å². The number of piperidine rings is 1. The number of carbonyl (C=O) groups excluding carboxylic acids is 1. The first kappa shape index (κ1) is 15.4. The molecule has 0 aromatic rings. The van der Waals surface area contributed by atoms with Gasteiger partial charge in [-0.05, 0) is 53.2 Å². The molecule has 18 heavy (non-hydrogen) atoms. The van der Waals surface area contributed by atoms with E-state index in [1.165, 1.54) is 0 Å². The first-order valence-corrected chi connectivity index (χ1v) is 7.26. The topological polar surface area (TPSA) is 35.6 Å². The highest BCUT2D eigenvalue weighted by Crippen LogP contribution is 2.13. The molecule has 0 aromatic heterocycles. The fourth-order valence-electron chi connectivity index (χ4n) is 2.36. The van der Waals surface area contributed by atoms with Gasteiger partial charge < -0.3 is 10.2 Å². The zero-order valence-electron chi connectivity index (χ0n) is 12.4. The standard InChI is InChI=1S/C14H29N3O/c1-5-10-17(13-6-8-15-9-7-13)14(18)11-16(4)12(2)3/h12-13,15H,5-11H2,1-4H3. The molecule has 0 saturated carbocycles. The van der Waals surface area contributed by atoms with Crippen molar-refractivity contribution in [3.63, 3.8) is 0 Å². The quantitative estimate of drug-likeness (QED) is 0.777. The Morgan fingerprint density at radius 2 is 1.94 bits per heavy atom. The minimum atomic E-state index is 0.292. The van der Waals surface area contributed by atoms with Crippen LogP contribution in [0.5, 0.6) is 0 Å². The number of hydrogen-bond donors (Lipinski definition) is 1. The molecule has 1 saturated heterocycles. The summed E-state index contributed by atoms with van der Waals surface area (Å²) in [7, 11) is 2.02. The Labute approximate surface area is 112 Å². The minimum absolute atomic E-state index is 0.292. The van der Waals surface area contributed by atoms with E-state index < -0.39 is 0 Å². The van der Waals surface area contributed by atoms with E-state index >= 15 is 0 Å². The molecule has 0 atom stereocenters. The lowest BCUT2D eigenvalue weighted by atomic mass is 10.0. The summed E-state index contributed by atoms with van der Waals surface area (Å²) in [6, 6.07) is 0.865. The van der Waals surface area contributed by atoms with Gasteiger partial charge in [0.2, 0.25) is 5.91 Å². The van der Waals surface area contributed by atoms with Crippen LogP contribution < -0.4 is 5.32 Å². The molecule has 0 spiro atoms. The summed E-state index contributed by atoms with van der Waals surface area (Å²) in [4.78, 5) is 16.6. The summed E-state index contributed by atoms with van der Waals surface area (Å²) >= 11 is 0. The van der Waals surface area contributed by atoms with E-state index in [0.29, 0.717) is 24.5 Å². The fraction of sp³-hybridized carbons (Fsp3) is 0.929. The average Bonchev–Trinajstić information content (AvgIpc) is 2.36. The van der Waals surface area contributed by atoms with Crippen molar-refractivity contribution in [2.24, 2.45) is 0 Å². The van der Waals surface area contributed by atoms with Gasteiger partial charge >= 0.3 is 0 Å². The summed E-state index contributed by atoms with van der Waals surface area (Å²) in [6.45, 7) is 9.92. The van der Waals surface area contributed by atoms with Gasteiger partial charge in [-0.15, -0.1) is 0 Å². The molecule has 1 heterocycles. The van der Waals surface area contributed by atoms with Crippen molar-refractivity contribution >= 4 is 5.91 Å². The van der Waals surface area contributed by atoms with Crippen molar-refractivity contribution < 1.29 is 4.79 Å². The van der Waals surface area contributed by atoms with Gasteiger partial charge in [-0.3, -0.25) is 9.69 Å². The Balaban J connectivity index is 2.56. The largest absolute Gasteiger partial charge is 0.339 e. The lowest BCUT2D eigenvalue weighted by molar-refractivity contribution is -0.135. The third kappa shape index (κ3) is 4.58. The van der Waals surface area contributed by atoms with Crippen LogP contribution in [0.3, 0.4) is 0 Å². The Hall–Kier alpha value is -0.610. The average molecular weight is 255 g/mol. The molecular formula is C14H29N3O. The third-order valence-corrected chi connectivity index (χ3v) is 3.80. The second-order valence-corrected chi connectivity index (χ2v) is 5.58. The summed E-state index contributed by atoms with van der Waals surface area (Å²) in [6.07, 6.45) is 3.23. The number of amides is 1. The molecular weight excluding hydrogens is 226 g/mol. The fourth-order valence-corrected chi connectivity index (χ4v) is 2.36. The first-order valence-electron chi connectivity index (χ1n) is 7.26. The van der Waals surface area contributed by atoms with Crippen molar-refractivity contribution in [2.45, 2.75) is 52.1 Å². The molecule has 0 aromatic carbocycles. The van der Waals surface area contributed by atoms with Crippen LogP contribution in [0.4, 0.5) is 0 Å². The van der Waals surface area contributed by atoms with E-state index in [4.69, 9.17) is 0 Å². The van der Waals surface area contributed by atoms with Crippen LogP contribution in [0.25, 0.3) is 0 Å². The molecule has 1 amide bonds. The van der Waals surface area contributed by atoms with Crippen LogP contribution in [-0.4, -0.2) is 61.0 Å². The van der Waals surface area contributed by atoms with Crippen molar-refractivity contribution in [1.82, 2.24) is 15.1 Å². The molecule has 1 N–H and O–H groups in total. The van der Waals surface area contributed by atoms with Crippen LogP contribution in [0, 0.1) is 0 Å². The van der Waals surface area contributed by atoms with Gasteiger partial charge in [0, 0.05) is 18.6 Å². The molecule has 1 aliphatic heterocycles. The number of carbonyl (C=O) groups is 1. The Morgan fingerprint density at radius 3 is 2.44 bits per heavy atom. The SMILES string of the molecule is CCCN(C(=O)CN(C)C(C)C)C1CCNCC1. The Kier molecular flexibility index (Phi) is 6.65. The monoisotopic (exact) mass is 255 g/mol. The second-order valence-electron chi connectivity index (χ2n) is 5.58. The molecule has 0 bridgehead atoms. The Morgan fingerprint density at radius 1 is 1.33 bits per heavy atom. The lowest BCUT2D eigenvalue weighted by Crippen LogP contribution is -2.49. The van der Waals surface area contributed by atoms with E-state index in [-0.39, 0.29) is 0 Å². The van der Waals surface area contributed by atoms with Crippen LogP contribution in [-0.2, 0) is 4.79 Å². The molecule has 1 aliphatic rings. The van der Waals surface area contributed by atoms with Gasteiger partial charge in [0.15, 0.2) is 0 Å². The van der Waals surface area contributed by atoms with Crippen molar-refractivity contribution in [3.05, 3.63) is 0 Å². The zero-order chi connectivity index (χ0) is 13.5. The molecule has 4 nitrogen and oxygen atoms in total. The lowest BCUT2D eigenvalue weighted by Gasteiger charge is -2.36. The van der Waals surface area contributed by atoms with E-state index in [2.05, 4.69) is 35.9 Å². The predicted octanol–water partition coefficient (Wildman–Crippen LogP) is 1.32. The summed E-state index contributed by atoms with van der Waals surface area (Å²) in [5, 5.41) is 3.36. The molecule has 106 valence electrons. The second kappa shape index (κ2) is 7.74. The summed E-state index contributed by atoms with van der Waals surface area (Å²) in [5.74, 6) is 0.292. The van der Waals surface area contributed by atoms with Gasteiger partial charge in [0.05, 0.1) is 6.54 Å². The van der Waals surface area contributed by atoms with Crippen molar-refractivity contribution in [2.75, 3.05) is 33.2 Å². The Bertz CT molecular complexity index is 249. The summed E-state index contributed by atoms with van der Waals surface area (Å²) in [5.41, 5.74) is 0. The van der Waals surface area contributed by atoms with Crippen molar-refractivity contribution in [3.8, 4) is 0 Å². The van der Waals surface area contributed by atoms with Crippen LogP contribution in [0.2, 0.25) is 0 Å². The smallest absolute Gasteiger partial charge is 0.236 e. The first-order chi connectivity index (χ1) is 8.56. The number of nitrogens with one attached hydrogen (secondary N) is 1. The van der Waals surface area contributed by atoms with Gasteiger partial charge in [-0.1, -0.05) is 6.92 Å². The van der Waals surface area contributed by atoms with Crippen LogP contribution >= 0.6 is 0 Å². The maximum Gasteiger partial charge on any atom is 0.236 e. The van der Waals surface area contributed by atoms with E-state index in [9.17, 15) is 4.79 Å². The molecule has 1 rings (SSSR count). The van der Waals surface area contributed by atoms with Crippen molar-refractivity contribution in [1.29, 1.82) is 0 Å². The van der Waals surface area contributed by atoms with E-state index in [1.807, 2.05) is 7.05 Å². The maximum absolute atomic E-state index is 12.4. The van der Waals surface area contributed by atoms with E-state index in [0.717, 1.165) is 38.9 Å². The molecule has 1 fully saturated rings. The van der Waals surface area contributed by atoms with Gasteiger partial charge in [0.1, 0.15) is 0 Å². The highest BCUT2D eigenvalue weighted by Gasteiger charge is 2.25. The minimum Gasteiger partial charge on any atom is -0.339 e. The molecule has 4 heteroatoms. The number of rotatable bonds is 6. The van der Waals surface area contributed by atoms with Gasteiger partial charge in [0.25, 0.3) is 0 Å². The highest BCUT2D eigenvalue weighted by molar-refractivity contribution is 5.78.